The van der Waals surface area contributed by atoms with E-state index in [-0.39, 0.29) is 12.8 Å². The average molecular weight is 213 g/mol. The summed E-state index contributed by atoms with van der Waals surface area (Å²) in [5, 5.41) is 0. The number of benzene rings is 1. The Morgan fingerprint density at radius 1 is 1.27 bits per heavy atom. The van der Waals surface area contributed by atoms with Crippen LogP contribution in [0.3, 0.4) is 0 Å². The van der Waals surface area contributed by atoms with Gasteiger partial charge < -0.3 is 5.73 Å². The number of hydrogen-bond donors (Lipinski definition) is 1. The molecule has 4 heteroatoms. The van der Waals surface area contributed by atoms with Crippen molar-refractivity contribution in [2.24, 2.45) is 5.73 Å². The molecule has 0 unspecified atom stereocenters. The van der Waals surface area contributed by atoms with E-state index in [9.17, 15) is 13.6 Å². The summed E-state index contributed by atoms with van der Waals surface area (Å²) in [5.74, 6) is -3.56. The molecule has 1 aromatic rings. The van der Waals surface area contributed by atoms with Crippen molar-refractivity contribution in [3.05, 3.63) is 35.9 Å². The number of primary amides is 1. The Kier molecular flexibility index (Phi) is 3.77. The maximum atomic E-state index is 13.3. The summed E-state index contributed by atoms with van der Waals surface area (Å²) in [5.41, 5.74) is 5.38. The number of hydrogen-bond acceptors (Lipinski definition) is 1. The minimum Gasteiger partial charge on any atom is -0.370 e. The van der Waals surface area contributed by atoms with E-state index in [0.29, 0.717) is 5.56 Å². The van der Waals surface area contributed by atoms with Gasteiger partial charge in [0.05, 0.1) is 0 Å². The minimum atomic E-state index is -2.86. The molecule has 15 heavy (non-hydrogen) atoms. The highest BCUT2D eigenvalue weighted by molar-refractivity contribution is 5.73. The van der Waals surface area contributed by atoms with E-state index < -0.39 is 18.3 Å². The number of rotatable bonds is 5. The summed E-state index contributed by atoms with van der Waals surface area (Å²) in [6.07, 6.45) is -1.11. The minimum absolute atomic E-state index is 0.278. The van der Waals surface area contributed by atoms with Crippen LogP contribution >= 0.6 is 0 Å². The molecule has 0 aliphatic heterocycles. The van der Waals surface area contributed by atoms with Crippen molar-refractivity contribution in [2.75, 3.05) is 0 Å². The Balaban J connectivity index is 2.52. The zero-order chi connectivity index (χ0) is 11.3. The number of carbonyl (C=O) groups excluding carboxylic acids is 1. The van der Waals surface area contributed by atoms with Gasteiger partial charge in [0.2, 0.25) is 5.91 Å². The maximum absolute atomic E-state index is 13.3. The molecule has 1 rings (SSSR count). The van der Waals surface area contributed by atoms with E-state index in [0.717, 1.165) is 0 Å². The molecule has 2 N–H and O–H groups in total. The van der Waals surface area contributed by atoms with E-state index >= 15 is 0 Å². The third-order valence-corrected chi connectivity index (χ3v) is 2.04. The van der Waals surface area contributed by atoms with E-state index in [1.165, 1.54) is 0 Å². The van der Waals surface area contributed by atoms with E-state index in [1.54, 1.807) is 30.3 Å². The van der Waals surface area contributed by atoms with E-state index in [1.807, 2.05) is 0 Å². The summed E-state index contributed by atoms with van der Waals surface area (Å²) in [4.78, 5) is 10.4. The lowest BCUT2D eigenvalue weighted by molar-refractivity contribution is -0.120. The van der Waals surface area contributed by atoms with Crippen LogP contribution in [-0.2, 0) is 11.2 Å². The van der Waals surface area contributed by atoms with Crippen LogP contribution in [-0.4, -0.2) is 11.8 Å². The van der Waals surface area contributed by atoms with Crippen molar-refractivity contribution in [1.82, 2.24) is 0 Å². The average Bonchev–Trinajstić information content (AvgIpc) is 2.16. The molecule has 0 atom stereocenters. The van der Waals surface area contributed by atoms with Crippen molar-refractivity contribution >= 4 is 5.91 Å². The summed E-state index contributed by atoms with van der Waals surface area (Å²) in [6, 6.07) is 8.46. The molecule has 0 radical (unpaired) electrons. The third kappa shape index (κ3) is 4.54. The van der Waals surface area contributed by atoms with Gasteiger partial charge in [0.1, 0.15) is 0 Å². The topological polar surface area (TPSA) is 43.1 Å². The quantitative estimate of drug-likeness (QED) is 0.800. The van der Waals surface area contributed by atoms with Crippen molar-refractivity contribution < 1.29 is 13.6 Å². The van der Waals surface area contributed by atoms with Gasteiger partial charge in [-0.05, 0) is 5.56 Å². The van der Waals surface area contributed by atoms with E-state index in [2.05, 4.69) is 0 Å². The molecule has 0 aromatic heterocycles. The Morgan fingerprint density at radius 3 is 2.40 bits per heavy atom. The molecule has 0 fully saturated rings. The summed E-state index contributed by atoms with van der Waals surface area (Å²) < 4.78 is 26.5. The second-order valence-electron chi connectivity index (χ2n) is 3.48. The Labute approximate surface area is 87.1 Å². The Morgan fingerprint density at radius 2 is 1.87 bits per heavy atom. The first-order valence-electron chi connectivity index (χ1n) is 4.70. The lowest BCUT2D eigenvalue weighted by atomic mass is 10.0. The van der Waals surface area contributed by atoms with Crippen molar-refractivity contribution in [3.63, 3.8) is 0 Å². The first kappa shape index (κ1) is 11.6. The second-order valence-corrected chi connectivity index (χ2v) is 3.48. The van der Waals surface area contributed by atoms with Crippen LogP contribution in [0.1, 0.15) is 18.4 Å². The molecule has 2 nitrogen and oxygen atoms in total. The highest BCUT2D eigenvalue weighted by atomic mass is 19.3. The van der Waals surface area contributed by atoms with Crippen LogP contribution in [0.2, 0.25) is 0 Å². The van der Waals surface area contributed by atoms with Crippen LogP contribution < -0.4 is 5.73 Å². The van der Waals surface area contributed by atoms with Gasteiger partial charge in [-0.2, -0.15) is 0 Å². The second kappa shape index (κ2) is 4.87. The number of alkyl halides is 2. The highest BCUT2D eigenvalue weighted by Crippen LogP contribution is 2.25. The zero-order valence-corrected chi connectivity index (χ0v) is 8.25. The normalized spacial score (nSPS) is 11.3. The first-order valence-corrected chi connectivity index (χ1v) is 4.70. The lowest BCUT2D eigenvalue weighted by Crippen LogP contribution is -2.23. The van der Waals surface area contributed by atoms with Crippen LogP contribution in [0, 0.1) is 0 Å². The van der Waals surface area contributed by atoms with Gasteiger partial charge in [-0.1, -0.05) is 30.3 Å². The molecule has 0 saturated heterocycles. The predicted octanol–water partition coefficient (Wildman–Crippen LogP) is 2.13. The molecular formula is C11H13F2NO. The standard InChI is InChI=1S/C11H13F2NO/c12-11(13,7-6-10(14)15)8-9-4-2-1-3-5-9/h1-5H,6-8H2,(H2,14,15). The molecule has 82 valence electrons. The van der Waals surface area contributed by atoms with Gasteiger partial charge >= 0.3 is 0 Å². The third-order valence-electron chi connectivity index (χ3n) is 2.04. The predicted molar refractivity (Wildman–Crippen MR) is 53.5 cm³/mol. The zero-order valence-electron chi connectivity index (χ0n) is 8.25. The molecule has 0 bridgehead atoms. The lowest BCUT2D eigenvalue weighted by Gasteiger charge is -2.15. The van der Waals surface area contributed by atoms with Gasteiger partial charge in [-0.25, -0.2) is 8.78 Å². The largest absolute Gasteiger partial charge is 0.370 e. The summed E-state index contributed by atoms with van der Waals surface area (Å²) in [6.45, 7) is 0. The number of halogens is 2. The molecule has 0 heterocycles. The molecule has 1 amide bonds. The number of amides is 1. The maximum Gasteiger partial charge on any atom is 0.252 e. The van der Waals surface area contributed by atoms with Gasteiger partial charge in [0, 0.05) is 19.3 Å². The smallest absolute Gasteiger partial charge is 0.252 e. The number of nitrogens with two attached hydrogens (primary N) is 1. The fourth-order valence-corrected chi connectivity index (χ4v) is 1.29. The van der Waals surface area contributed by atoms with E-state index in [4.69, 9.17) is 5.73 Å². The SMILES string of the molecule is NC(=O)CCC(F)(F)Cc1ccccc1. The van der Waals surface area contributed by atoms with Gasteiger partial charge in [0.25, 0.3) is 5.92 Å². The molecule has 0 aliphatic carbocycles. The Bertz CT molecular complexity index is 325. The van der Waals surface area contributed by atoms with Gasteiger partial charge in [0.15, 0.2) is 0 Å². The fraction of sp³-hybridized carbons (Fsp3) is 0.364. The van der Waals surface area contributed by atoms with Crippen LogP contribution in [0.5, 0.6) is 0 Å². The molecule has 0 saturated carbocycles. The first-order chi connectivity index (χ1) is 6.99. The summed E-state index contributed by atoms with van der Waals surface area (Å²) in [7, 11) is 0. The molecule has 0 spiro atoms. The van der Waals surface area contributed by atoms with Crippen LogP contribution in [0.15, 0.2) is 30.3 Å². The van der Waals surface area contributed by atoms with Gasteiger partial charge in [-0.3, -0.25) is 4.79 Å². The number of carbonyl (C=O) groups is 1. The van der Waals surface area contributed by atoms with Crippen LogP contribution in [0.25, 0.3) is 0 Å². The molecule has 1 aromatic carbocycles. The Hall–Kier alpha value is -1.45. The molecular weight excluding hydrogens is 200 g/mol. The van der Waals surface area contributed by atoms with Crippen molar-refractivity contribution in [2.45, 2.75) is 25.2 Å². The highest BCUT2D eigenvalue weighted by Gasteiger charge is 2.29. The van der Waals surface area contributed by atoms with Gasteiger partial charge in [-0.15, -0.1) is 0 Å². The van der Waals surface area contributed by atoms with Crippen molar-refractivity contribution in [1.29, 1.82) is 0 Å². The van der Waals surface area contributed by atoms with Crippen molar-refractivity contribution in [3.8, 4) is 0 Å². The molecule has 0 aliphatic rings. The fourth-order valence-electron chi connectivity index (χ4n) is 1.29. The van der Waals surface area contributed by atoms with Crippen LogP contribution in [0.4, 0.5) is 8.78 Å². The monoisotopic (exact) mass is 213 g/mol. The summed E-state index contributed by atoms with van der Waals surface area (Å²) >= 11 is 0.